The number of ether oxygens (including phenoxy) is 4. The SMILES string of the molecule is CC/C=C\C/C=C\C/C=C\C/C=C\CCCCCCCCCCCCC(=O)OC(COC(=O)CCCCCCCCCCCCCCCCCCCCCCCCC/C=C\CCCCCCCCCC)COC(OCC[N+](C)(C)C)C(=O)O. The summed E-state index contributed by atoms with van der Waals surface area (Å²) in [5.74, 6) is -1.99. The zero-order valence-electron chi connectivity index (χ0n) is 55.4. The Balaban J connectivity index is 4.03. The first kappa shape index (κ1) is 80.0. The van der Waals surface area contributed by atoms with E-state index in [9.17, 15) is 19.5 Å². The van der Waals surface area contributed by atoms with E-state index in [-0.39, 0.29) is 32.2 Å². The van der Waals surface area contributed by atoms with Crippen molar-refractivity contribution in [1.82, 2.24) is 0 Å². The lowest BCUT2D eigenvalue weighted by molar-refractivity contribution is -0.870. The Morgan fingerprint density at radius 2 is 0.687 bits per heavy atom. The molecule has 0 radical (unpaired) electrons. The maximum atomic E-state index is 12.9. The summed E-state index contributed by atoms with van der Waals surface area (Å²) in [4.78, 5) is 37.6. The smallest absolute Gasteiger partial charge is 0.361 e. The molecule has 0 aromatic heterocycles. The molecule has 0 aliphatic carbocycles. The standard InChI is InChI=1S/C74H135NO8/c1-6-8-10-12-14-16-18-20-22-24-26-28-30-31-32-33-34-35-36-37-38-39-40-41-43-44-46-48-50-52-54-56-58-60-62-64-71(76)81-68-70(69-82-74(73(78)79)80-67-66-75(3,4)5)83-72(77)65-63-61-59-57-55-53-51-49-47-45-42-29-27-25-23-21-19-17-15-13-11-9-7-2/h9,11,15,17,21,23-24,26-27,29,70,74H,6-8,10,12-14,16,18-20,22,25,28,30-69H2,1-5H3/p+1/b11-9-,17-15-,23-21-,26-24-,29-27-. The summed E-state index contributed by atoms with van der Waals surface area (Å²) in [5, 5.41) is 9.74. The number of quaternary nitrogens is 1. The first-order valence-electron chi connectivity index (χ1n) is 35.5. The highest BCUT2D eigenvalue weighted by Crippen LogP contribution is 2.18. The molecule has 0 amide bonds. The van der Waals surface area contributed by atoms with Crippen LogP contribution in [0, 0.1) is 0 Å². The molecule has 0 spiro atoms. The fourth-order valence-corrected chi connectivity index (χ4v) is 10.4. The second-order valence-corrected chi connectivity index (χ2v) is 25.2. The Bertz CT molecular complexity index is 1550. The Morgan fingerprint density at radius 3 is 1.04 bits per heavy atom. The van der Waals surface area contributed by atoms with Crippen molar-refractivity contribution in [3.63, 3.8) is 0 Å². The number of allylic oxidation sites excluding steroid dienone is 10. The summed E-state index contributed by atoms with van der Waals surface area (Å²) in [6.45, 7) is 4.81. The van der Waals surface area contributed by atoms with Crippen molar-refractivity contribution in [2.45, 2.75) is 347 Å². The highest BCUT2D eigenvalue weighted by atomic mass is 16.7. The van der Waals surface area contributed by atoms with Crippen LogP contribution in [0.4, 0.5) is 0 Å². The Kier molecular flexibility index (Phi) is 62.6. The van der Waals surface area contributed by atoms with Crippen LogP contribution in [-0.2, 0) is 33.3 Å². The summed E-state index contributed by atoms with van der Waals surface area (Å²) in [5.41, 5.74) is 0. The van der Waals surface area contributed by atoms with Crippen LogP contribution in [0.1, 0.15) is 335 Å². The van der Waals surface area contributed by atoms with Gasteiger partial charge in [-0.05, 0) is 77.0 Å². The Morgan fingerprint density at radius 1 is 0.373 bits per heavy atom. The van der Waals surface area contributed by atoms with Crippen LogP contribution in [0.3, 0.4) is 0 Å². The van der Waals surface area contributed by atoms with Crippen LogP contribution in [0.25, 0.3) is 0 Å². The van der Waals surface area contributed by atoms with Crippen LogP contribution < -0.4 is 0 Å². The van der Waals surface area contributed by atoms with Crippen molar-refractivity contribution in [1.29, 1.82) is 0 Å². The minimum Gasteiger partial charge on any atom is -0.477 e. The quantitative estimate of drug-likeness (QED) is 0.0211. The van der Waals surface area contributed by atoms with Crippen LogP contribution >= 0.6 is 0 Å². The molecule has 9 heteroatoms. The lowest BCUT2D eigenvalue weighted by atomic mass is 10.0. The zero-order chi connectivity index (χ0) is 60.5. The van der Waals surface area contributed by atoms with Gasteiger partial charge in [-0.2, -0.15) is 0 Å². The largest absolute Gasteiger partial charge is 0.477 e. The number of hydrogen-bond acceptors (Lipinski definition) is 7. The molecule has 2 atom stereocenters. The number of hydrogen-bond donors (Lipinski definition) is 1. The van der Waals surface area contributed by atoms with E-state index in [0.717, 1.165) is 70.6 Å². The molecule has 2 unspecified atom stereocenters. The fraction of sp³-hybridized carbons (Fsp3) is 0.824. The third kappa shape index (κ3) is 66.4. The number of unbranched alkanes of at least 4 members (excludes halogenated alkanes) is 41. The van der Waals surface area contributed by atoms with Gasteiger partial charge in [0.1, 0.15) is 13.2 Å². The molecule has 0 aliphatic heterocycles. The van der Waals surface area contributed by atoms with Crippen LogP contribution in [0.15, 0.2) is 60.8 Å². The van der Waals surface area contributed by atoms with Gasteiger partial charge in [-0.3, -0.25) is 9.59 Å². The van der Waals surface area contributed by atoms with Gasteiger partial charge in [0, 0.05) is 12.8 Å². The molecule has 0 saturated heterocycles. The summed E-state index contributed by atoms with van der Waals surface area (Å²) >= 11 is 0. The van der Waals surface area contributed by atoms with Crippen molar-refractivity contribution >= 4 is 17.9 Å². The lowest BCUT2D eigenvalue weighted by Crippen LogP contribution is -2.40. The molecule has 1 N–H and O–H groups in total. The monoisotopic (exact) mass is 1170 g/mol. The van der Waals surface area contributed by atoms with E-state index in [2.05, 4.69) is 74.6 Å². The number of carbonyl (C=O) groups is 3. The van der Waals surface area contributed by atoms with E-state index in [0.29, 0.717) is 23.9 Å². The average Bonchev–Trinajstić information content (AvgIpc) is 3.46. The van der Waals surface area contributed by atoms with Crippen LogP contribution in [-0.4, -0.2) is 87.4 Å². The van der Waals surface area contributed by atoms with Crippen LogP contribution in [0.5, 0.6) is 0 Å². The third-order valence-corrected chi connectivity index (χ3v) is 15.8. The first-order chi connectivity index (χ1) is 40.6. The van der Waals surface area contributed by atoms with Crippen LogP contribution in [0.2, 0.25) is 0 Å². The van der Waals surface area contributed by atoms with Crippen molar-refractivity contribution < 1.29 is 42.9 Å². The Labute approximate surface area is 514 Å². The number of nitrogens with zero attached hydrogens (tertiary/aromatic N) is 1. The molecule has 0 aromatic rings. The molecule has 0 bridgehead atoms. The predicted octanol–water partition coefficient (Wildman–Crippen LogP) is 21.9. The van der Waals surface area contributed by atoms with Gasteiger partial charge < -0.3 is 28.5 Å². The van der Waals surface area contributed by atoms with E-state index in [4.69, 9.17) is 18.9 Å². The number of aliphatic carboxylic acids is 1. The van der Waals surface area contributed by atoms with E-state index < -0.39 is 24.3 Å². The molecule has 0 aromatic carbocycles. The fourth-order valence-electron chi connectivity index (χ4n) is 10.4. The summed E-state index contributed by atoms with van der Waals surface area (Å²) in [7, 11) is 5.98. The number of likely N-dealkylation sites (N-methyl/N-ethyl adjacent to an activating group) is 1. The van der Waals surface area contributed by atoms with Crippen molar-refractivity contribution in [2.24, 2.45) is 0 Å². The second kappa shape index (κ2) is 65.0. The zero-order valence-corrected chi connectivity index (χ0v) is 55.4. The minimum atomic E-state index is -1.51. The van der Waals surface area contributed by atoms with Gasteiger partial charge in [0.05, 0.1) is 34.4 Å². The molecular formula is C74H136NO8+. The van der Waals surface area contributed by atoms with Gasteiger partial charge in [-0.25, -0.2) is 4.79 Å². The maximum Gasteiger partial charge on any atom is 0.361 e. The second-order valence-electron chi connectivity index (χ2n) is 25.2. The predicted molar refractivity (Wildman–Crippen MR) is 355 cm³/mol. The molecule has 0 fully saturated rings. The van der Waals surface area contributed by atoms with E-state index in [1.807, 2.05) is 21.1 Å². The number of carboxylic acid groups (broad SMARTS) is 1. The Hall–Kier alpha value is -3.01. The number of esters is 2. The molecule has 0 saturated carbocycles. The number of rotatable bonds is 66. The average molecular weight is 1170 g/mol. The highest BCUT2D eigenvalue weighted by molar-refractivity contribution is 5.71. The number of carboxylic acids is 1. The third-order valence-electron chi connectivity index (χ3n) is 15.8. The van der Waals surface area contributed by atoms with E-state index in [1.54, 1.807) is 0 Å². The molecule has 0 aliphatic rings. The first-order valence-corrected chi connectivity index (χ1v) is 35.5. The summed E-state index contributed by atoms with van der Waals surface area (Å²) in [6, 6.07) is 0. The molecular weight excluding hydrogens is 1030 g/mol. The van der Waals surface area contributed by atoms with E-state index in [1.165, 1.54) is 231 Å². The van der Waals surface area contributed by atoms with Gasteiger partial charge in [0.15, 0.2) is 6.10 Å². The van der Waals surface area contributed by atoms with Crippen molar-refractivity contribution in [3.8, 4) is 0 Å². The molecule has 484 valence electrons. The molecule has 9 nitrogen and oxygen atoms in total. The van der Waals surface area contributed by atoms with Gasteiger partial charge >= 0.3 is 17.9 Å². The summed E-state index contributed by atoms with van der Waals surface area (Å²) < 4.78 is 23.0. The van der Waals surface area contributed by atoms with Gasteiger partial charge in [0.25, 0.3) is 6.29 Å². The summed E-state index contributed by atoms with van der Waals surface area (Å²) in [6.07, 6.45) is 82.0. The topological polar surface area (TPSA) is 108 Å². The van der Waals surface area contributed by atoms with Gasteiger partial charge in [-0.15, -0.1) is 0 Å². The molecule has 0 rings (SSSR count). The van der Waals surface area contributed by atoms with E-state index >= 15 is 0 Å². The van der Waals surface area contributed by atoms with Crippen molar-refractivity contribution in [3.05, 3.63) is 60.8 Å². The normalized spacial score (nSPS) is 13.0. The maximum absolute atomic E-state index is 12.9. The van der Waals surface area contributed by atoms with Gasteiger partial charge in [-0.1, -0.05) is 306 Å². The highest BCUT2D eigenvalue weighted by Gasteiger charge is 2.25. The minimum absolute atomic E-state index is 0.182. The lowest BCUT2D eigenvalue weighted by Gasteiger charge is -2.25. The number of carbonyl (C=O) groups excluding carboxylic acids is 2. The molecule has 0 heterocycles. The molecule has 83 heavy (non-hydrogen) atoms. The van der Waals surface area contributed by atoms with Gasteiger partial charge in [0.2, 0.25) is 0 Å². The van der Waals surface area contributed by atoms with Crippen molar-refractivity contribution in [2.75, 3.05) is 47.5 Å².